The Morgan fingerprint density at radius 2 is 2.36 bits per heavy atom. The minimum atomic E-state index is 1.18. The van der Waals surface area contributed by atoms with Crippen molar-refractivity contribution in [1.82, 2.24) is 0 Å². The lowest BCUT2D eigenvalue weighted by atomic mass is 10.0. The molecule has 1 aliphatic carbocycles. The zero-order valence-electron chi connectivity index (χ0n) is 8.36. The van der Waals surface area contributed by atoms with Crippen LogP contribution in [0.5, 0.6) is 0 Å². The molecule has 0 N–H and O–H groups in total. The van der Waals surface area contributed by atoms with Gasteiger partial charge in [0.05, 0.1) is 0 Å². The Labute approximate surface area is 89.3 Å². The second-order valence-electron chi connectivity index (χ2n) is 3.48. The third-order valence-electron chi connectivity index (χ3n) is 2.35. The molecule has 0 aliphatic heterocycles. The summed E-state index contributed by atoms with van der Waals surface area (Å²) in [6, 6.07) is 4.25. The average Bonchev–Trinajstić information content (AvgIpc) is 2.72. The fourth-order valence-corrected chi connectivity index (χ4v) is 2.29. The molecule has 0 atom stereocenters. The van der Waals surface area contributed by atoms with Crippen molar-refractivity contribution in [3.05, 3.63) is 51.8 Å². The Balaban J connectivity index is 2.19. The van der Waals surface area contributed by atoms with Crippen LogP contribution in [-0.2, 0) is 0 Å². The normalized spacial score (nSPS) is 16.9. The topological polar surface area (TPSA) is 0 Å². The van der Waals surface area contributed by atoms with E-state index in [1.54, 1.807) is 11.3 Å². The van der Waals surface area contributed by atoms with Crippen molar-refractivity contribution in [2.45, 2.75) is 19.8 Å². The molecule has 0 bridgehead atoms. The summed E-state index contributed by atoms with van der Waals surface area (Å²) >= 11 is 1.79. The van der Waals surface area contributed by atoms with Gasteiger partial charge in [-0.15, -0.1) is 11.3 Å². The van der Waals surface area contributed by atoms with Gasteiger partial charge >= 0.3 is 0 Å². The predicted octanol–water partition coefficient (Wildman–Crippen LogP) is 4.43. The molecule has 1 aromatic rings. The quantitative estimate of drug-likeness (QED) is 0.665. The van der Waals surface area contributed by atoms with Gasteiger partial charge in [0.25, 0.3) is 0 Å². The molecule has 0 nitrogen and oxygen atoms in total. The maximum absolute atomic E-state index is 2.32. The minimum Gasteiger partial charge on any atom is -0.144 e. The first-order valence-electron chi connectivity index (χ1n) is 4.95. The first-order valence-corrected chi connectivity index (χ1v) is 5.83. The zero-order valence-corrected chi connectivity index (χ0v) is 9.18. The summed E-state index contributed by atoms with van der Waals surface area (Å²) in [5, 5.41) is 2.12. The van der Waals surface area contributed by atoms with Crippen LogP contribution in [0.3, 0.4) is 0 Å². The van der Waals surface area contributed by atoms with E-state index in [2.05, 4.69) is 48.7 Å². The third-order valence-corrected chi connectivity index (χ3v) is 3.17. The van der Waals surface area contributed by atoms with Crippen molar-refractivity contribution in [3.63, 3.8) is 0 Å². The van der Waals surface area contributed by atoms with E-state index >= 15 is 0 Å². The highest BCUT2D eigenvalue weighted by molar-refractivity contribution is 7.10. The van der Waals surface area contributed by atoms with E-state index in [-0.39, 0.29) is 0 Å². The van der Waals surface area contributed by atoms with Crippen LogP contribution in [-0.4, -0.2) is 0 Å². The van der Waals surface area contributed by atoms with Crippen LogP contribution < -0.4 is 0 Å². The van der Waals surface area contributed by atoms with Gasteiger partial charge in [-0.05, 0) is 48.4 Å². The summed E-state index contributed by atoms with van der Waals surface area (Å²) in [5.74, 6) is 0. The van der Waals surface area contributed by atoms with Gasteiger partial charge in [0.15, 0.2) is 0 Å². The first kappa shape index (κ1) is 9.47. The summed E-state index contributed by atoms with van der Waals surface area (Å²) in [4.78, 5) is 1.34. The minimum absolute atomic E-state index is 1.18. The number of thiophene rings is 1. The van der Waals surface area contributed by atoms with Crippen molar-refractivity contribution < 1.29 is 0 Å². The second-order valence-corrected chi connectivity index (χ2v) is 4.46. The van der Waals surface area contributed by atoms with Crippen molar-refractivity contribution in [3.8, 4) is 0 Å². The summed E-state index contributed by atoms with van der Waals surface area (Å²) in [7, 11) is 0. The molecule has 2 rings (SSSR count). The Morgan fingerprint density at radius 1 is 1.43 bits per heavy atom. The standard InChI is InChI=1S/C13H14S/c1-11(10-13-8-5-9-14-13)12-6-3-2-4-7-12/h3,5-10H,2,4H2,1H3/b11-10-. The first-order chi connectivity index (χ1) is 6.86. The highest BCUT2D eigenvalue weighted by Gasteiger charge is 1.99. The van der Waals surface area contributed by atoms with Crippen LogP contribution in [0, 0.1) is 0 Å². The Hall–Kier alpha value is -1.08. The smallest absolute Gasteiger partial charge is 0.0273 e. The van der Waals surface area contributed by atoms with Gasteiger partial charge < -0.3 is 0 Å². The van der Waals surface area contributed by atoms with Gasteiger partial charge in [0.1, 0.15) is 0 Å². The molecular formula is C13H14S. The Bertz CT molecular complexity index is 377. The second kappa shape index (κ2) is 4.43. The van der Waals surface area contributed by atoms with E-state index in [4.69, 9.17) is 0 Å². The molecule has 1 aromatic heterocycles. The SMILES string of the molecule is C/C(=C/c1cccs1)C1=CCCC=C1. The van der Waals surface area contributed by atoms with Gasteiger partial charge in [-0.2, -0.15) is 0 Å². The van der Waals surface area contributed by atoms with Crippen molar-refractivity contribution in [2.24, 2.45) is 0 Å². The summed E-state index contributed by atoms with van der Waals surface area (Å²) in [5.41, 5.74) is 2.74. The molecule has 72 valence electrons. The zero-order chi connectivity index (χ0) is 9.80. The maximum atomic E-state index is 2.32. The van der Waals surface area contributed by atoms with E-state index in [9.17, 15) is 0 Å². The van der Waals surface area contributed by atoms with Crippen molar-refractivity contribution in [1.29, 1.82) is 0 Å². The summed E-state index contributed by atoms with van der Waals surface area (Å²) < 4.78 is 0. The van der Waals surface area contributed by atoms with E-state index in [0.29, 0.717) is 0 Å². The number of rotatable bonds is 2. The summed E-state index contributed by atoms with van der Waals surface area (Å²) in [6.45, 7) is 2.18. The fourth-order valence-electron chi connectivity index (χ4n) is 1.58. The lowest BCUT2D eigenvalue weighted by Gasteiger charge is -2.06. The molecule has 14 heavy (non-hydrogen) atoms. The molecule has 0 amide bonds. The van der Waals surface area contributed by atoms with E-state index in [1.807, 2.05) is 0 Å². The van der Waals surface area contributed by atoms with Gasteiger partial charge in [-0.1, -0.05) is 24.3 Å². The molecule has 0 aromatic carbocycles. The van der Waals surface area contributed by atoms with Gasteiger partial charge in [-0.3, -0.25) is 0 Å². The van der Waals surface area contributed by atoms with Gasteiger partial charge in [-0.25, -0.2) is 0 Å². The highest BCUT2D eigenvalue weighted by atomic mass is 32.1. The monoisotopic (exact) mass is 202 g/mol. The van der Waals surface area contributed by atoms with Crippen molar-refractivity contribution >= 4 is 17.4 Å². The Kier molecular flexibility index (Phi) is 3.00. The van der Waals surface area contributed by atoms with Crippen LogP contribution in [0.1, 0.15) is 24.6 Å². The molecule has 1 heteroatoms. The summed E-state index contributed by atoms with van der Waals surface area (Å²) in [6.07, 6.45) is 11.4. The largest absolute Gasteiger partial charge is 0.144 e. The van der Waals surface area contributed by atoms with Crippen LogP contribution in [0.2, 0.25) is 0 Å². The van der Waals surface area contributed by atoms with Gasteiger partial charge in [0, 0.05) is 4.88 Å². The van der Waals surface area contributed by atoms with Crippen LogP contribution in [0.15, 0.2) is 46.9 Å². The maximum Gasteiger partial charge on any atom is 0.0273 e. The van der Waals surface area contributed by atoms with E-state index < -0.39 is 0 Å². The fraction of sp³-hybridized carbons (Fsp3) is 0.231. The molecule has 0 radical (unpaired) electrons. The molecule has 0 saturated carbocycles. The van der Waals surface area contributed by atoms with E-state index in [1.165, 1.54) is 28.9 Å². The van der Waals surface area contributed by atoms with Crippen LogP contribution >= 0.6 is 11.3 Å². The molecule has 0 saturated heterocycles. The van der Waals surface area contributed by atoms with E-state index in [0.717, 1.165) is 0 Å². The highest BCUT2D eigenvalue weighted by Crippen LogP contribution is 2.21. The lowest BCUT2D eigenvalue weighted by Crippen LogP contribution is -1.86. The molecule has 0 unspecified atom stereocenters. The third kappa shape index (κ3) is 2.24. The lowest BCUT2D eigenvalue weighted by molar-refractivity contribution is 1.02. The average molecular weight is 202 g/mol. The predicted molar refractivity (Wildman–Crippen MR) is 64.4 cm³/mol. The molecule has 0 spiro atoms. The molecule has 0 fully saturated rings. The number of allylic oxidation sites excluding steroid dienone is 5. The number of hydrogen-bond acceptors (Lipinski definition) is 1. The molecular weight excluding hydrogens is 188 g/mol. The van der Waals surface area contributed by atoms with Crippen molar-refractivity contribution in [2.75, 3.05) is 0 Å². The molecule has 1 aliphatic rings. The van der Waals surface area contributed by atoms with Crippen LogP contribution in [0.25, 0.3) is 6.08 Å². The van der Waals surface area contributed by atoms with Crippen LogP contribution in [0.4, 0.5) is 0 Å². The Morgan fingerprint density at radius 3 is 3.00 bits per heavy atom. The number of hydrogen-bond donors (Lipinski definition) is 0. The van der Waals surface area contributed by atoms with Gasteiger partial charge in [0.2, 0.25) is 0 Å². The molecule has 1 heterocycles.